The summed E-state index contributed by atoms with van der Waals surface area (Å²) in [5, 5.41) is 11.5. The van der Waals surface area contributed by atoms with Gasteiger partial charge in [-0.1, -0.05) is 65.9 Å². The summed E-state index contributed by atoms with van der Waals surface area (Å²) in [6.45, 7) is 0. The molecule has 3 rings (SSSR count). The quantitative estimate of drug-likeness (QED) is 0.609. The summed E-state index contributed by atoms with van der Waals surface area (Å²) in [4.78, 5) is 0. The van der Waals surface area contributed by atoms with Crippen LogP contribution in [0.15, 0.2) is 67.0 Å². The highest BCUT2D eigenvalue weighted by molar-refractivity contribution is 5.62. The van der Waals surface area contributed by atoms with Gasteiger partial charge in [-0.3, -0.25) is 0 Å². The standard InChI is InChI=1S/C12H10.CH2N4.ClH/c1-3-7-11(8-4-1)12-9-5-2-6-10-12;1-2-4-5-3-1;/h1-10H;1H,(H,2,3,4,5);1H. The van der Waals surface area contributed by atoms with E-state index in [1.807, 2.05) is 12.1 Å². The summed E-state index contributed by atoms with van der Waals surface area (Å²) in [7, 11) is 0. The lowest BCUT2D eigenvalue weighted by Crippen LogP contribution is -3.00. The van der Waals surface area contributed by atoms with Gasteiger partial charge in [0.05, 0.1) is 0 Å². The molecule has 3 aromatic rings. The zero-order chi connectivity index (χ0) is 11.8. The van der Waals surface area contributed by atoms with Gasteiger partial charge in [-0.2, -0.15) is 5.10 Å². The molecule has 18 heavy (non-hydrogen) atoms. The number of aromatic nitrogens is 4. The highest BCUT2D eigenvalue weighted by Gasteiger charge is 1.91. The number of hydrogen-bond donors (Lipinski definition) is 1. The van der Waals surface area contributed by atoms with E-state index in [0.29, 0.717) is 0 Å². The largest absolute Gasteiger partial charge is 1.00 e. The number of H-pyrrole nitrogens is 2. The van der Waals surface area contributed by atoms with Crippen molar-refractivity contribution in [3.05, 3.63) is 67.0 Å². The average molecular weight is 261 g/mol. The Bertz CT molecular complexity index is 456. The van der Waals surface area contributed by atoms with Crippen molar-refractivity contribution in [1.29, 1.82) is 0 Å². The van der Waals surface area contributed by atoms with E-state index in [9.17, 15) is 0 Å². The Morgan fingerprint density at radius 2 is 1.28 bits per heavy atom. The van der Waals surface area contributed by atoms with Crippen molar-refractivity contribution in [3.8, 4) is 11.1 Å². The van der Waals surface area contributed by atoms with Gasteiger partial charge in [0, 0.05) is 0 Å². The predicted octanol–water partition coefficient (Wildman–Crippen LogP) is -1.02. The minimum Gasteiger partial charge on any atom is -1.00 e. The molecule has 4 nitrogen and oxygen atoms in total. The molecule has 0 unspecified atom stereocenters. The second kappa shape index (κ2) is 7.97. The second-order valence-electron chi connectivity index (χ2n) is 3.33. The van der Waals surface area contributed by atoms with E-state index in [4.69, 9.17) is 0 Å². The Labute approximate surface area is 111 Å². The molecule has 1 aromatic heterocycles. The molecule has 0 spiro atoms. The van der Waals surface area contributed by atoms with E-state index in [1.54, 1.807) is 0 Å². The number of hydrogen-bond acceptors (Lipinski definition) is 2. The first-order chi connectivity index (χ1) is 8.47. The van der Waals surface area contributed by atoms with Crippen molar-refractivity contribution in [2.45, 2.75) is 0 Å². The molecule has 0 aliphatic carbocycles. The van der Waals surface area contributed by atoms with E-state index in [2.05, 4.69) is 69.2 Å². The average Bonchev–Trinajstić information content (AvgIpc) is 3.00. The maximum atomic E-state index is 3.36. The van der Waals surface area contributed by atoms with Crippen molar-refractivity contribution in [3.63, 3.8) is 0 Å². The van der Waals surface area contributed by atoms with Crippen molar-refractivity contribution in [2.24, 2.45) is 0 Å². The first kappa shape index (κ1) is 13.9. The lowest BCUT2D eigenvalue weighted by molar-refractivity contribution is -0.456. The molecular weight excluding hydrogens is 248 g/mol. The third-order valence-electron chi connectivity index (χ3n) is 2.18. The molecule has 0 atom stereocenters. The summed E-state index contributed by atoms with van der Waals surface area (Å²) >= 11 is 0. The van der Waals surface area contributed by atoms with Gasteiger partial charge in [-0.25, -0.2) is 0 Å². The SMILES string of the molecule is [Cl-].c1ccc(-c2ccccc2)cc1.c1nn[nH][nH+]1. The molecule has 2 aromatic carbocycles. The Balaban J connectivity index is 0.000000230. The fourth-order valence-corrected chi connectivity index (χ4v) is 1.41. The molecule has 0 saturated heterocycles. The van der Waals surface area contributed by atoms with Gasteiger partial charge in [-0.05, 0) is 11.1 Å². The lowest BCUT2D eigenvalue weighted by atomic mass is 10.1. The molecule has 92 valence electrons. The van der Waals surface area contributed by atoms with E-state index in [0.717, 1.165) is 0 Å². The van der Waals surface area contributed by atoms with Gasteiger partial charge < -0.3 is 12.4 Å². The van der Waals surface area contributed by atoms with Gasteiger partial charge in [0.1, 0.15) is 5.10 Å². The molecule has 0 bridgehead atoms. The minimum atomic E-state index is 0. The van der Waals surface area contributed by atoms with Crippen LogP contribution in [0.5, 0.6) is 0 Å². The zero-order valence-electron chi connectivity index (χ0n) is 9.62. The van der Waals surface area contributed by atoms with Crippen LogP contribution in [0.4, 0.5) is 0 Å². The van der Waals surface area contributed by atoms with E-state index in [1.165, 1.54) is 17.5 Å². The summed E-state index contributed by atoms with van der Waals surface area (Å²) < 4.78 is 0. The van der Waals surface area contributed by atoms with Crippen LogP contribution in [0.1, 0.15) is 0 Å². The van der Waals surface area contributed by atoms with Crippen LogP contribution in [0.25, 0.3) is 11.1 Å². The van der Waals surface area contributed by atoms with Gasteiger partial charge in [0.25, 0.3) is 6.33 Å². The molecule has 5 heteroatoms. The summed E-state index contributed by atoms with van der Waals surface area (Å²) in [5.74, 6) is 0. The summed E-state index contributed by atoms with van der Waals surface area (Å²) in [6, 6.07) is 20.8. The Hall–Kier alpha value is -2.20. The predicted molar refractivity (Wildman–Crippen MR) is 64.8 cm³/mol. The topological polar surface area (TPSA) is 55.7 Å². The molecule has 2 N–H and O–H groups in total. The molecule has 0 saturated carbocycles. The molecule has 1 heterocycles. The highest BCUT2D eigenvalue weighted by Crippen LogP contribution is 2.17. The molecule has 0 amide bonds. The monoisotopic (exact) mass is 260 g/mol. The van der Waals surface area contributed by atoms with Crippen LogP contribution < -0.4 is 17.5 Å². The Morgan fingerprint density at radius 3 is 1.56 bits per heavy atom. The van der Waals surface area contributed by atoms with Crippen molar-refractivity contribution >= 4 is 0 Å². The molecular formula is C13H13ClN4. The number of halogens is 1. The Kier molecular flexibility index (Phi) is 6.14. The third kappa shape index (κ3) is 4.35. The van der Waals surface area contributed by atoms with Crippen LogP contribution in [0.2, 0.25) is 0 Å². The van der Waals surface area contributed by atoms with E-state index in [-0.39, 0.29) is 12.4 Å². The number of rotatable bonds is 1. The number of aromatic amines is 2. The van der Waals surface area contributed by atoms with Crippen LogP contribution >= 0.6 is 0 Å². The fraction of sp³-hybridized carbons (Fsp3) is 0. The maximum absolute atomic E-state index is 3.36. The number of nitrogens with zero attached hydrogens (tertiary/aromatic N) is 2. The van der Waals surface area contributed by atoms with E-state index >= 15 is 0 Å². The van der Waals surface area contributed by atoms with E-state index < -0.39 is 0 Å². The van der Waals surface area contributed by atoms with Gasteiger partial charge >= 0.3 is 0 Å². The number of benzene rings is 2. The zero-order valence-corrected chi connectivity index (χ0v) is 10.4. The molecule has 0 aliphatic heterocycles. The van der Waals surface area contributed by atoms with Gasteiger partial charge in [-0.15, -0.1) is 0 Å². The number of tetrazole rings is 1. The van der Waals surface area contributed by atoms with Crippen molar-refractivity contribution in [1.82, 2.24) is 15.5 Å². The van der Waals surface area contributed by atoms with Crippen molar-refractivity contribution < 1.29 is 17.5 Å². The smallest absolute Gasteiger partial charge is 0.286 e. The Morgan fingerprint density at radius 1 is 0.778 bits per heavy atom. The summed E-state index contributed by atoms with van der Waals surface area (Å²) in [5.41, 5.74) is 2.55. The third-order valence-corrected chi connectivity index (χ3v) is 2.18. The molecule has 0 fully saturated rings. The molecule has 0 radical (unpaired) electrons. The lowest BCUT2D eigenvalue weighted by Gasteiger charge is -1.98. The van der Waals surface area contributed by atoms with Gasteiger partial charge in [0.2, 0.25) is 0 Å². The first-order valence-corrected chi connectivity index (χ1v) is 5.29. The van der Waals surface area contributed by atoms with Crippen LogP contribution in [-0.2, 0) is 0 Å². The normalized spacial score (nSPS) is 8.67. The number of nitrogens with one attached hydrogen (secondary N) is 2. The minimum absolute atomic E-state index is 0. The van der Waals surface area contributed by atoms with Crippen LogP contribution in [0.3, 0.4) is 0 Å². The highest BCUT2D eigenvalue weighted by atomic mass is 35.5. The maximum Gasteiger partial charge on any atom is 0.286 e. The van der Waals surface area contributed by atoms with Crippen LogP contribution in [0, 0.1) is 0 Å². The van der Waals surface area contributed by atoms with Crippen molar-refractivity contribution in [2.75, 3.05) is 0 Å². The fourth-order valence-electron chi connectivity index (χ4n) is 1.41. The summed E-state index contributed by atoms with van der Waals surface area (Å²) in [6.07, 6.45) is 1.46. The first-order valence-electron chi connectivity index (χ1n) is 5.29. The second-order valence-corrected chi connectivity index (χ2v) is 3.33. The molecule has 0 aliphatic rings. The van der Waals surface area contributed by atoms with Crippen LogP contribution in [-0.4, -0.2) is 15.5 Å². The van der Waals surface area contributed by atoms with Gasteiger partial charge in [0.15, 0.2) is 5.21 Å².